The van der Waals surface area contributed by atoms with Crippen molar-refractivity contribution in [2.45, 2.75) is 84.5 Å². The largest absolute Gasteiger partial charge is 0.203 e. The molecule has 2 nitrogen and oxygen atoms in total. The minimum atomic E-state index is 0.716. The number of nitrogens with zero attached hydrogens (tertiary/aromatic N) is 1. The molecule has 0 aromatic heterocycles. The Morgan fingerprint density at radius 3 is 1.58 bits per heavy atom. The fraction of sp³-hybridized carbons (Fsp3) is 1.00. The first kappa shape index (κ1) is 18.9. The Bertz CT molecular complexity index is 180. The lowest BCUT2D eigenvalue weighted by Gasteiger charge is -2.26. The molecule has 19 heavy (non-hydrogen) atoms. The fourth-order valence-corrected chi connectivity index (χ4v) is 2.50. The first-order valence-electron chi connectivity index (χ1n) is 8.60. The van der Waals surface area contributed by atoms with Crippen LogP contribution in [0.15, 0.2) is 0 Å². The molecule has 0 aromatic carbocycles. The Kier molecular flexibility index (Phi) is 12.9. The van der Waals surface area contributed by atoms with Gasteiger partial charge < -0.3 is 0 Å². The van der Waals surface area contributed by atoms with Crippen LogP contribution in [0.2, 0.25) is 0 Å². The first-order valence-corrected chi connectivity index (χ1v) is 8.60. The molecule has 0 rings (SSSR count). The van der Waals surface area contributed by atoms with Gasteiger partial charge in [-0.05, 0) is 12.8 Å². The van der Waals surface area contributed by atoms with Crippen LogP contribution < -0.4 is 0 Å². The minimum absolute atomic E-state index is 0.716. The minimum Gasteiger partial charge on any atom is -0.203 e. The molecule has 0 saturated carbocycles. The van der Waals surface area contributed by atoms with Crippen molar-refractivity contribution in [2.75, 3.05) is 27.2 Å². The summed E-state index contributed by atoms with van der Waals surface area (Å²) < 4.78 is 0.716. The number of hydrogen-bond donors (Lipinski definition) is 0. The van der Waals surface area contributed by atoms with Gasteiger partial charge in [0.15, 0.2) is 0 Å². The van der Waals surface area contributed by atoms with Crippen molar-refractivity contribution in [2.24, 2.45) is 0 Å². The summed E-state index contributed by atoms with van der Waals surface area (Å²) in [6, 6.07) is 0. The highest BCUT2D eigenvalue weighted by Crippen LogP contribution is 2.11. The molecule has 116 valence electrons. The van der Waals surface area contributed by atoms with Crippen LogP contribution in [-0.2, 0) is 4.84 Å². The number of quaternary nitrogens is 1. The number of rotatable bonds is 14. The normalized spacial score (nSPS) is 12.0. The maximum atomic E-state index is 5.88. The molecule has 0 aliphatic carbocycles. The first-order chi connectivity index (χ1) is 9.12. The molecule has 0 atom stereocenters. The molecular formula is C17H38NO+. The van der Waals surface area contributed by atoms with E-state index in [-0.39, 0.29) is 0 Å². The smallest absolute Gasteiger partial charge is 0.108 e. The van der Waals surface area contributed by atoms with Gasteiger partial charge >= 0.3 is 0 Å². The third-order valence-corrected chi connectivity index (χ3v) is 3.70. The van der Waals surface area contributed by atoms with E-state index in [0.29, 0.717) is 4.65 Å². The fourth-order valence-electron chi connectivity index (χ4n) is 2.50. The Balaban J connectivity index is 3.14. The predicted molar refractivity (Wildman–Crippen MR) is 85.1 cm³/mol. The molecule has 2 heteroatoms. The highest BCUT2D eigenvalue weighted by atomic mass is 16.7. The zero-order chi connectivity index (χ0) is 14.4. The van der Waals surface area contributed by atoms with Gasteiger partial charge in [0.1, 0.15) is 13.2 Å². The highest BCUT2D eigenvalue weighted by Gasteiger charge is 2.14. The van der Waals surface area contributed by atoms with E-state index >= 15 is 0 Å². The summed E-state index contributed by atoms with van der Waals surface area (Å²) in [5.74, 6) is 0. The van der Waals surface area contributed by atoms with E-state index in [1.54, 1.807) is 0 Å². The monoisotopic (exact) mass is 272 g/mol. The summed E-state index contributed by atoms with van der Waals surface area (Å²) in [4.78, 5) is 5.88. The molecule has 0 unspecified atom stereocenters. The topological polar surface area (TPSA) is 9.23 Å². The maximum Gasteiger partial charge on any atom is 0.108 e. The van der Waals surface area contributed by atoms with Gasteiger partial charge in [-0.1, -0.05) is 71.6 Å². The van der Waals surface area contributed by atoms with Crippen molar-refractivity contribution in [3.8, 4) is 0 Å². The quantitative estimate of drug-likeness (QED) is 0.236. The molecule has 0 bridgehead atoms. The molecule has 0 spiro atoms. The van der Waals surface area contributed by atoms with Crippen LogP contribution in [0.3, 0.4) is 0 Å². The van der Waals surface area contributed by atoms with Crippen LogP contribution in [0, 0.1) is 0 Å². The lowest BCUT2D eigenvalue weighted by molar-refractivity contribution is -1.08. The van der Waals surface area contributed by atoms with Crippen molar-refractivity contribution >= 4 is 0 Å². The van der Waals surface area contributed by atoms with E-state index in [9.17, 15) is 0 Å². The average molecular weight is 272 g/mol. The summed E-state index contributed by atoms with van der Waals surface area (Å²) in [5.41, 5.74) is 0. The standard InChI is InChI=1S/C17H38NO/c1-5-7-8-9-10-11-12-13-14-15-17-19-18(3,4)16-6-2/h5-17H2,1-4H3/q+1. The molecular weight excluding hydrogens is 234 g/mol. The molecule has 0 aliphatic heterocycles. The van der Waals surface area contributed by atoms with Crippen molar-refractivity contribution in [3.63, 3.8) is 0 Å². The lowest BCUT2D eigenvalue weighted by Crippen LogP contribution is -2.40. The number of unbranched alkanes of at least 4 members (excludes halogenated alkanes) is 9. The zero-order valence-corrected chi connectivity index (χ0v) is 14.0. The number of hydroxylamine groups is 3. The average Bonchev–Trinajstić information content (AvgIpc) is 2.36. The summed E-state index contributed by atoms with van der Waals surface area (Å²) in [6.45, 7) is 6.52. The highest BCUT2D eigenvalue weighted by molar-refractivity contribution is 4.46. The van der Waals surface area contributed by atoms with Crippen LogP contribution in [0.25, 0.3) is 0 Å². The maximum absolute atomic E-state index is 5.88. The van der Waals surface area contributed by atoms with E-state index < -0.39 is 0 Å². The van der Waals surface area contributed by atoms with Crippen LogP contribution in [0.4, 0.5) is 0 Å². The van der Waals surface area contributed by atoms with E-state index in [1.165, 1.54) is 70.6 Å². The molecule has 0 aliphatic rings. The van der Waals surface area contributed by atoms with E-state index in [4.69, 9.17) is 4.84 Å². The zero-order valence-electron chi connectivity index (χ0n) is 14.0. The van der Waals surface area contributed by atoms with Gasteiger partial charge in [-0.25, -0.2) is 4.84 Å². The Labute approximate surface area is 122 Å². The molecule has 0 radical (unpaired) electrons. The second kappa shape index (κ2) is 12.9. The van der Waals surface area contributed by atoms with E-state index in [2.05, 4.69) is 27.9 Å². The Hall–Kier alpha value is -0.0800. The van der Waals surface area contributed by atoms with Crippen LogP contribution >= 0.6 is 0 Å². The SMILES string of the molecule is CCCCCCCCCCCCO[N+](C)(C)CCC. The molecule has 0 saturated heterocycles. The molecule has 0 fully saturated rings. The summed E-state index contributed by atoms with van der Waals surface area (Å²) in [7, 11) is 4.31. The lowest BCUT2D eigenvalue weighted by atomic mass is 10.1. The van der Waals surface area contributed by atoms with E-state index in [1.807, 2.05) is 0 Å². The summed E-state index contributed by atoms with van der Waals surface area (Å²) >= 11 is 0. The molecule has 0 aromatic rings. The van der Waals surface area contributed by atoms with Gasteiger partial charge in [0.25, 0.3) is 0 Å². The van der Waals surface area contributed by atoms with Gasteiger partial charge in [-0.15, -0.1) is 0 Å². The predicted octanol–water partition coefficient (Wildman–Crippen LogP) is 5.33. The van der Waals surface area contributed by atoms with Crippen molar-refractivity contribution in [3.05, 3.63) is 0 Å². The van der Waals surface area contributed by atoms with Crippen molar-refractivity contribution in [1.29, 1.82) is 0 Å². The van der Waals surface area contributed by atoms with Gasteiger partial charge in [-0.2, -0.15) is 4.65 Å². The third-order valence-electron chi connectivity index (χ3n) is 3.70. The third kappa shape index (κ3) is 14.1. The number of hydrogen-bond acceptors (Lipinski definition) is 1. The van der Waals surface area contributed by atoms with Gasteiger partial charge in [-0.3, -0.25) is 0 Å². The Morgan fingerprint density at radius 2 is 1.11 bits per heavy atom. The summed E-state index contributed by atoms with van der Waals surface area (Å²) in [6.07, 6.45) is 15.1. The van der Waals surface area contributed by atoms with Crippen LogP contribution in [0.1, 0.15) is 84.5 Å². The molecule has 0 heterocycles. The van der Waals surface area contributed by atoms with Crippen LogP contribution in [0.5, 0.6) is 0 Å². The van der Waals surface area contributed by atoms with Gasteiger partial charge in [0, 0.05) is 0 Å². The second-order valence-electron chi connectivity index (χ2n) is 6.31. The van der Waals surface area contributed by atoms with Gasteiger partial charge in [0.2, 0.25) is 0 Å². The molecule has 0 amide bonds. The van der Waals surface area contributed by atoms with E-state index in [0.717, 1.165) is 13.2 Å². The van der Waals surface area contributed by atoms with Crippen molar-refractivity contribution in [1.82, 2.24) is 0 Å². The molecule has 0 N–H and O–H groups in total. The van der Waals surface area contributed by atoms with Crippen molar-refractivity contribution < 1.29 is 9.48 Å². The summed E-state index contributed by atoms with van der Waals surface area (Å²) in [5, 5.41) is 0. The Morgan fingerprint density at radius 1 is 0.632 bits per heavy atom. The van der Waals surface area contributed by atoms with Crippen LogP contribution in [-0.4, -0.2) is 31.9 Å². The second-order valence-corrected chi connectivity index (χ2v) is 6.31. The van der Waals surface area contributed by atoms with Gasteiger partial charge in [0.05, 0.1) is 14.1 Å².